The summed E-state index contributed by atoms with van der Waals surface area (Å²) >= 11 is 0. The molecule has 7 heteroatoms. The number of carbonyl (C=O) groups is 1. The predicted octanol–water partition coefficient (Wildman–Crippen LogP) is 1.12. The molecule has 1 fully saturated rings. The molecule has 0 bridgehead atoms. The first-order valence-electron chi connectivity index (χ1n) is 5.38. The number of aromatic carboxylic acids is 1. The van der Waals surface area contributed by atoms with Crippen LogP contribution in [0.3, 0.4) is 0 Å². The zero-order chi connectivity index (χ0) is 13.3. The van der Waals surface area contributed by atoms with Crippen LogP contribution in [0.2, 0.25) is 0 Å². The van der Waals surface area contributed by atoms with E-state index >= 15 is 0 Å². The number of rotatable bonds is 3. The summed E-state index contributed by atoms with van der Waals surface area (Å²) in [5.74, 6) is -2.00. The van der Waals surface area contributed by atoms with E-state index in [-0.39, 0.29) is 22.8 Å². The Balaban J connectivity index is 2.27. The first kappa shape index (κ1) is 12.8. The van der Waals surface area contributed by atoms with E-state index in [9.17, 15) is 17.6 Å². The Hall–Kier alpha value is -1.63. The number of anilines is 1. The van der Waals surface area contributed by atoms with Crippen LogP contribution in [0.4, 0.5) is 10.1 Å². The topological polar surface area (TPSA) is 83.5 Å². The number of nitrogens with one attached hydrogen (secondary N) is 1. The molecule has 0 spiro atoms. The van der Waals surface area contributed by atoms with E-state index in [0.717, 1.165) is 6.07 Å². The average molecular weight is 273 g/mol. The molecule has 1 atom stereocenters. The van der Waals surface area contributed by atoms with E-state index in [4.69, 9.17) is 5.11 Å². The van der Waals surface area contributed by atoms with Gasteiger partial charge in [-0.1, -0.05) is 6.07 Å². The Morgan fingerprint density at radius 2 is 2.17 bits per heavy atom. The van der Waals surface area contributed by atoms with Crippen molar-refractivity contribution in [2.24, 2.45) is 0 Å². The number of hydrogen-bond acceptors (Lipinski definition) is 4. The maximum atomic E-state index is 13.6. The van der Waals surface area contributed by atoms with Crippen molar-refractivity contribution >= 4 is 21.5 Å². The van der Waals surface area contributed by atoms with Crippen molar-refractivity contribution < 1.29 is 22.7 Å². The molecule has 0 saturated carbocycles. The maximum Gasteiger partial charge on any atom is 0.337 e. The molecule has 98 valence electrons. The van der Waals surface area contributed by atoms with Gasteiger partial charge in [-0.05, 0) is 18.6 Å². The summed E-state index contributed by atoms with van der Waals surface area (Å²) in [7, 11) is -3.09. The number of sulfone groups is 1. The van der Waals surface area contributed by atoms with Crippen LogP contribution >= 0.6 is 0 Å². The summed E-state index contributed by atoms with van der Waals surface area (Å²) in [6, 6.07) is 3.27. The highest BCUT2D eigenvalue weighted by molar-refractivity contribution is 7.91. The number of carboxylic acid groups (broad SMARTS) is 1. The standard InChI is InChI=1S/C11H12FNO4S/c12-9-3-1-2-8(11(14)15)10(9)13-7-4-5-18(16,17)6-7/h1-3,7,13H,4-6H2,(H,14,15). The Labute approximate surface area is 104 Å². The summed E-state index contributed by atoms with van der Waals surface area (Å²) in [6.45, 7) is 0. The highest BCUT2D eigenvalue weighted by atomic mass is 32.2. The lowest BCUT2D eigenvalue weighted by molar-refractivity contribution is 0.0697. The van der Waals surface area contributed by atoms with Gasteiger partial charge >= 0.3 is 5.97 Å². The molecule has 2 rings (SSSR count). The first-order chi connectivity index (χ1) is 8.39. The van der Waals surface area contributed by atoms with Gasteiger partial charge in [0.2, 0.25) is 0 Å². The number of para-hydroxylation sites is 1. The Morgan fingerprint density at radius 3 is 2.72 bits per heavy atom. The van der Waals surface area contributed by atoms with Crippen molar-refractivity contribution in [3.8, 4) is 0 Å². The fraction of sp³-hybridized carbons (Fsp3) is 0.364. The van der Waals surface area contributed by atoms with Crippen molar-refractivity contribution in [3.05, 3.63) is 29.6 Å². The van der Waals surface area contributed by atoms with Gasteiger partial charge in [-0.2, -0.15) is 0 Å². The molecule has 1 unspecified atom stereocenters. The van der Waals surface area contributed by atoms with Crippen LogP contribution in [-0.4, -0.2) is 37.0 Å². The molecular formula is C11H12FNO4S. The molecule has 1 aromatic rings. The summed E-state index contributed by atoms with van der Waals surface area (Å²) in [6.07, 6.45) is 0.357. The van der Waals surface area contributed by atoms with Crippen molar-refractivity contribution in [2.75, 3.05) is 16.8 Å². The minimum absolute atomic E-state index is 0.0432. The second kappa shape index (κ2) is 4.56. The lowest BCUT2D eigenvalue weighted by Gasteiger charge is -2.15. The van der Waals surface area contributed by atoms with Gasteiger partial charge in [0.25, 0.3) is 0 Å². The van der Waals surface area contributed by atoms with E-state index in [1.165, 1.54) is 12.1 Å². The van der Waals surface area contributed by atoms with E-state index < -0.39 is 27.7 Å². The first-order valence-corrected chi connectivity index (χ1v) is 7.20. The fourth-order valence-corrected chi connectivity index (χ4v) is 3.64. The Bertz CT molecular complexity index is 585. The van der Waals surface area contributed by atoms with Crippen LogP contribution in [0, 0.1) is 5.82 Å². The molecule has 2 N–H and O–H groups in total. The molecule has 1 saturated heterocycles. The van der Waals surface area contributed by atoms with Gasteiger partial charge in [0.05, 0.1) is 22.8 Å². The molecule has 1 aliphatic heterocycles. The third-order valence-corrected chi connectivity index (χ3v) is 4.59. The molecule has 5 nitrogen and oxygen atoms in total. The van der Waals surface area contributed by atoms with Crippen LogP contribution in [0.1, 0.15) is 16.8 Å². The number of hydrogen-bond donors (Lipinski definition) is 2. The lowest BCUT2D eigenvalue weighted by Crippen LogP contribution is -2.22. The van der Waals surface area contributed by atoms with Crippen LogP contribution in [0.25, 0.3) is 0 Å². The minimum atomic E-state index is -3.09. The molecule has 1 aliphatic rings. The van der Waals surface area contributed by atoms with Crippen LogP contribution < -0.4 is 5.32 Å². The molecule has 1 heterocycles. The predicted molar refractivity (Wildman–Crippen MR) is 64.0 cm³/mol. The lowest BCUT2D eigenvalue weighted by atomic mass is 10.1. The van der Waals surface area contributed by atoms with E-state index in [2.05, 4.69) is 5.32 Å². The molecule has 0 aliphatic carbocycles. The highest BCUT2D eigenvalue weighted by Gasteiger charge is 2.29. The second-order valence-corrected chi connectivity index (χ2v) is 6.44. The van der Waals surface area contributed by atoms with Crippen LogP contribution in [0.5, 0.6) is 0 Å². The summed E-state index contributed by atoms with van der Waals surface area (Å²) in [5.41, 5.74) is -0.341. The minimum Gasteiger partial charge on any atom is -0.478 e. The van der Waals surface area contributed by atoms with Crippen molar-refractivity contribution in [1.82, 2.24) is 0 Å². The van der Waals surface area contributed by atoms with Gasteiger partial charge in [0.15, 0.2) is 9.84 Å². The van der Waals surface area contributed by atoms with Gasteiger partial charge in [-0.25, -0.2) is 17.6 Å². The molecule has 0 radical (unpaired) electrons. The van der Waals surface area contributed by atoms with Gasteiger partial charge in [0, 0.05) is 6.04 Å². The summed E-state index contributed by atoms with van der Waals surface area (Å²) in [4.78, 5) is 11.0. The molecule has 0 aromatic heterocycles. The van der Waals surface area contributed by atoms with Crippen LogP contribution in [0.15, 0.2) is 18.2 Å². The smallest absolute Gasteiger partial charge is 0.337 e. The number of carboxylic acids is 1. The average Bonchev–Trinajstić information content (AvgIpc) is 2.61. The molecule has 18 heavy (non-hydrogen) atoms. The van der Waals surface area contributed by atoms with Crippen LogP contribution in [-0.2, 0) is 9.84 Å². The Kier molecular flexibility index (Phi) is 3.25. The normalized spacial score (nSPS) is 21.7. The summed E-state index contributed by atoms with van der Waals surface area (Å²) in [5, 5.41) is 11.6. The summed E-state index contributed by atoms with van der Waals surface area (Å²) < 4.78 is 36.2. The van der Waals surface area contributed by atoms with E-state index in [1.807, 2.05) is 0 Å². The van der Waals surface area contributed by atoms with Crippen molar-refractivity contribution in [1.29, 1.82) is 0 Å². The third-order valence-electron chi connectivity index (χ3n) is 2.82. The maximum absolute atomic E-state index is 13.6. The third kappa shape index (κ3) is 2.61. The monoisotopic (exact) mass is 273 g/mol. The van der Waals surface area contributed by atoms with E-state index in [0.29, 0.717) is 6.42 Å². The van der Waals surface area contributed by atoms with Gasteiger partial charge < -0.3 is 10.4 Å². The molecular weight excluding hydrogens is 261 g/mol. The van der Waals surface area contributed by atoms with Crippen molar-refractivity contribution in [3.63, 3.8) is 0 Å². The number of benzene rings is 1. The second-order valence-electron chi connectivity index (χ2n) is 4.21. The quantitative estimate of drug-likeness (QED) is 0.862. The number of halogens is 1. The largest absolute Gasteiger partial charge is 0.478 e. The molecule has 0 amide bonds. The SMILES string of the molecule is O=C(O)c1cccc(F)c1NC1CCS(=O)(=O)C1. The van der Waals surface area contributed by atoms with E-state index in [1.54, 1.807) is 0 Å². The zero-order valence-corrected chi connectivity index (χ0v) is 10.2. The van der Waals surface area contributed by atoms with Gasteiger partial charge in [-0.15, -0.1) is 0 Å². The van der Waals surface area contributed by atoms with Gasteiger partial charge in [0.1, 0.15) is 5.82 Å². The molecule has 1 aromatic carbocycles. The fourth-order valence-electron chi connectivity index (χ4n) is 1.96. The Morgan fingerprint density at radius 1 is 1.44 bits per heavy atom. The highest BCUT2D eigenvalue weighted by Crippen LogP contribution is 2.24. The van der Waals surface area contributed by atoms with Crippen molar-refractivity contribution in [2.45, 2.75) is 12.5 Å². The zero-order valence-electron chi connectivity index (χ0n) is 9.39. The van der Waals surface area contributed by atoms with Gasteiger partial charge in [-0.3, -0.25) is 0 Å².